The maximum absolute atomic E-state index is 13.1. The lowest BCUT2D eigenvalue weighted by Gasteiger charge is -2.19. The van der Waals surface area contributed by atoms with E-state index in [4.69, 9.17) is 4.98 Å². The zero-order chi connectivity index (χ0) is 24.1. The number of thiazole rings is 1. The molecule has 1 aliphatic carbocycles. The number of aromatic nitrogens is 5. The molecule has 0 unspecified atom stereocenters. The lowest BCUT2D eigenvalue weighted by atomic mass is 10.1. The summed E-state index contributed by atoms with van der Waals surface area (Å²) in [4.78, 5) is 29.0. The molecule has 1 N–H and O–H groups in total. The van der Waals surface area contributed by atoms with Crippen molar-refractivity contribution in [2.24, 2.45) is 5.92 Å². The van der Waals surface area contributed by atoms with E-state index in [0.717, 1.165) is 44.5 Å². The summed E-state index contributed by atoms with van der Waals surface area (Å²) in [6.07, 6.45) is 2.72. The molecule has 0 radical (unpaired) electrons. The van der Waals surface area contributed by atoms with Crippen LogP contribution in [0, 0.1) is 19.8 Å². The first kappa shape index (κ1) is 21.7. The number of nitrogens with zero attached hydrogens (tertiary/aromatic N) is 6. The third kappa shape index (κ3) is 4.01. The predicted molar refractivity (Wildman–Crippen MR) is 138 cm³/mol. The van der Waals surface area contributed by atoms with Gasteiger partial charge in [-0.2, -0.15) is 9.61 Å². The molecule has 1 aliphatic rings. The van der Waals surface area contributed by atoms with Gasteiger partial charge in [-0.3, -0.25) is 9.78 Å². The molecule has 5 aromatic rings. The largest absolute Gasteiger partial charge is 0.350 e. The minimum Gasteiger partial charge on any atom is -0.350 e. The van der Waals surface area contributed by atoms with Crippen LogP contribution >= 0.6 is 11.3 Å². The van der Waals surface area contributed by atoms with Gasteiger partial charge in [-0.25, -0.2) is 9.97 Å². The van der Waals surface area contributed by atoms with Crippen LogP contribution in [0.1, 0.15) is 39.2 Å². The smallest absolute Gasteiger partial charge is 0.270 e. The molecular weight excluding hydrogens is 458 g/mol. The maximum atomic E-state index is 13.1. The Morgan fingerprint density at radius 1 is 1.14 bits per heavy atom. The Kier molecular flexibility index (Phi) is 5.21. The predicted octanol–water partition coefficient (Wildman–Crippen LogP) is 4.65. The van der Waals surface area contributed by atoms with Crippen LogP contribution in [0.4, 0.5) is 10.8 Å². The zero-order valence-electron chi connectivity index (χ0n) is 19.8. The maximum Gasteiger partial charge on any atom is 0.270 e. The molecule has 1 saturated carbocycles. The number of carbonyl (C=O) groups is 1. The summed E-state index contributed by atoms with van der Waals surface area (Å²) in [5.74, 6) is 1.35. The van der Waals surface area contributed by atoms with Crippen molar-refractivity contribution in [2.75, 3.05) is 18.5 Å². The number of para-hydroxylation sites is 1. The summed E-state index contributed by atoms with van der Waals surface area (Å²) in [7, 11) is 1.96. The van der Waals surface area contributed by atoms with Crippen LogP contribution in [0.5, 0.6) is 0 Å². The Bertz CT molecular complexity index is 1570. The summed E-state index contributed by atoms with van der Waals surface area (Å²) >= 11 is 1.61. The van der Waals surface area contributed by atoms with E-state index in [1.165, 1.54) is 0 Å². The summed E-state index contributed by atoms with van der Waals surface area (Å²) in [5.41, 5.74) is 4.06. The van der Waals surface area contributed by atoms with Crippen molar-refractivity contribution in [3.8, 4) is 0 Å². The van der Waals surface area contributed by atoms with Gasteiger partial charge in [-0.1, -0.05) is 24.3 Å². The van der Waals surface area contributed by atoms with Crippen LogP contribution in [-0.2, 0) is 0 Å². The van der Waals surface area contributed by atoms with Crippen LogP contribution < -0.4 is 10.2 Å². The first-order valence-electron chi connectivity index (χ1n) is 11.6. The monoisotopic (exact) mass is 483 g/mol. The van der Waals surface area contributed by atoms with Crippen molar-refractivity contribution < 1.29 is 4.79 Å². The van der Waals surface area contributed by atoms with Crippen molar-refractivity contribution in [3.63, 3.8) is 0 Å². The number of hydrogen-bond donors (Lipinski definition) is 1. The Balaban J connectivity index is 1.19. The molecule has 9 heteroatoms. The molecule has 1 fully saturated rings. The molecule has 8 nitrogen and oxygen atoms in total. The van der Waals surface area contributed by atoms with E-state index in [1.54, 1.807) is 34.2 Å². The molecule has 0 bridgehead atoms. The number of rotatable bonds is 6. The van der Waals surface area contributed by atoms with E-state index in [9.17, 15) is 4.79 Å². The van der Waals surface area contributed by atoms with Crippen LogP contribution in [0.15, 0.2) is 54.7 Å². The lowest BCUT2D eigenvalue weighted by Crippen LogP contribution is -2.27. The Labute approximate surface area is 206 Å². The fourth-order valence-corrected chi connectivity index (χ4v) is 5.51. The van der Waals surface area contributed by atoms with E-state index >= 15 is 0 Å². The molecule has 1 aromatic carbocycles. The third-order valence-corrected chi connectivity index (χ3v) is 7.70. The van der Waals surface area contributed by atoms with Gasteiger partial charge in [0.1, 0.15) is 16.5 Å². The van der Waals surface area contributed by atoms with Crippen LogP contribution in [0.3, 0.4) is 0 Å². The van der Waals surface area contributed by atoms with Gasteiger partial charge in [0.05, 0.1) is 22.4 Å². The number of aryl methyl sites for hydroxylation is 2. The number of nitrogens with one attached hydrogen (secondary N) is 1. The highest BCUT2D eigenvalue weighted by Gasteiger charge is 2.39. The topological polar surface area (TPSA) is 88.3 Å². The van der Waals surface area contributed by atoms with Gasteiger partial charge >= 0.3 is 0 Å². The number of hydrogen-bond acceptors (Lipinski definition) is 7. The summed E-state index contributed by atoms with van der Waals surface area (Å²) < 4.78 is 1.74. The average Bonchev–Trinajstić information content (AvgIpc) is 3.34. The number of anilines is 2. The quantitative estimate of drug-likeness (QED) is 0.378. The Morgan fingerprint density at radius 2 is 2.00 bits per heavy atom. The molecule has 1 amide bonds. The van der Waals surface area contributed by atoms with Crippen LogP contribution in [0.2, 0.25) is 0 Å². The first-order valence-corrected chi connectivity index (χ1v) is 12.5. The SMILES string of the molecule is Cc1nc(C)c(N(C)c2cc(C(=O)NC[C@@H]3C[C@H]3c3ccc4ccccc4n3)nc3ccnn23)s1. The van der Waals surface area contributed by atoms with E-state index in [-0.39, 0.29) is 5.91 Å². The average molecular weight is 484 g/mol. The van der Waals surface area contributed by atoms with Gasteiger partial charge in [0, 0.05) is 42.7 Å². The molecule has 0 spiro atoms. The number of pyridine rings is 1. The Hall–Kier alpha value is -3.85. The van der Waals surface area contributed by atoms with Crippen LogP contribution in [-0.4, -0.2) is 44.1 Å². The summed E-state index contributed by atoms with van der Waals surface area (Å²) in [5, 5.41) is 10.7. The minimum atomic E-state index is -0.183. The van der Waals surface area contributed by atoms with E-state index < -0.39 is 0 Å². The second-order valence-electron chi connectivity index (χ2n) is 9.02. The van der Waals surface area contributed by atoms with Crippen molar-refractivity contribution in [1.29, 1.82) is 0 Å². The number of amides is 1. The van der Waals surface area contributed by atoms with Crippen molar-refractivity contribution in [3.05, 3.63) is 76.8 Å². The fourth-order valence-electron chi connectivity index (χ4n) is 4.63. The van der Waals surface area contributed by atoms with E-state index in [2.05, 4.69) is 38.6 Å². The standard InChI is InChI=1S/C26H25N7OS/c1-15-26(35-16(2)29-15)32(3)24-13-22(31-23-10-11-28-33(23)24)25(34)27-14-18-12-19(18)21-9-8-17-6-4-5-7-20(17)30-21/h4-11,13,18-19H,12,14H2,1-3H3,(H,27,34)/t18-,19+/m0/s1. The highest BCUT2D eigenvalue weighted by Crippen LogP contribution is 2.46. The van der Waals surface area contributed by atoms with Crippen LogP contribution in [0.25, 0.3) is 16.6 Å². The molecule has 176 valence electrons. The molecule has 6 rings (SSSR count). The molecule has 0 saturated heterocycles. The summed E-state index contributed by atoms with van der Waals surface area (Å²) in [6.45, 7) is 4.58. The molecule has 4 heterocycles. The highest BCUT2D eigenvalue weighted by atomic mass is 32.1. The normalized spacial score (nSPS) is 17.1. The molecule has 2 atom stereocenters. The van der Waals surface area contributed by atoms with Gasteiger partial charge in [0.2, 0.25) is 0 Å². The van der Waals surface area contributed by atoms with Crippen molar-refractivity contribution >= 4 is 44.6 Å². The van der Waals surface area contributed by atoms with Gasteiger partial charge in [-0.05, 0) is 38.3 Å². The van der Waals surface area contributed by atoms with Crippen molar-refractivity contribution in [2.45, 2.75) is 26.2 Å². The molecular formula is C26H25N7OS. The summed E-state index contributed by atoms with van der Waals surface area (Å²) in [6, 6.07) is 16.0. The van der Waals surface area contributed by atoms with Gasteiger partial charge in [0.15, 0.2) is 5.65 Å². The van der Waals surface area contributed by atoms with Gasteiger partial charge in [-0.15, -0.1) is 11.3 Å². The van der Waals surface area contributed by atoms with Crippen molar-refractivity contribution in [1.82, 2.24) is 29.9 Å². The first-order chi connectivity index (χ1) is 17.0. The fraction of sp³-hybridized carbons (Fsp3) is 0.269. The molecule has 35 heavy (non-hydrogen) atoms. The minimum absolute atomic E-state index is 0.183. The highest BCUT2D eigenvalue weighted by molar-refractivity contribution is 7.15. The zero-order valence-corrected chi connectivity index (χ0v) is 20.6. The van der Waals surface area contributed by atoms with Gasteiger partial charge < -0.3 is 10.2 Å². The molecule has 4 aromatic heterocycles. The second-order valence-corrected chi connectivity index (χ2v) is 10.2. The third-order valence-electron chi connectivity index (χ3n) is 6.55. The van der Waals surface area contributed by atoms with E-state index in [1.807, 2.05) is 44.0 Å². The van der Waals surface area contributed by atoms with Gasteiger partial charge in [0.25, 0.3) is 5.91 Å². The Morgan fingerprint density at radius 3 is 2.83 bits per heavy atom. The number of fused-ring (bicyclic) bond motifs is 2. The lowest BCUT2D eigenvalue weighted by molar-refractivity contribution is 0.0946. The molecule has 0 aliphatic heterocycles. The second kappa shape index (κ2) is 8.42. The number of carbonyl (C=O) groups excluding carboxylic acids is 1. The van der Waals surface area contributed by atoms with E-state index in [0.29, 0.717) is 29.7 Å². The number of benzene rings is 1.